The summed E-state index contributed by atoms with van der Waals surface area (Å²) in [6.45, 7) is 3.60. The molecule has 0 radical (unpaired) electrons. The molecule has 0 saturated heterocycles. The van der Waals surface area contributed by atoms with Crippen LogP contribution in [0.4, 0.5) is 8.78 Å². The molecule has 2 aromatic carbocycles. The number of imidazole rings is 1. The first-order valence-electron chi connectivity index (χ1n) is 9.85. The smallest absolute Gasteiger partial charge is 0.254 e. The molecule has 0 atom stereocenters. The molecule has 4 nitrogen and oxygen atoms in total. The van der Waals surface area contributed by atoms with Gasteiger partial charge in [0.15, 0.2) is 11.6 Å². The van der Waals surface area contributed by atoms with Crippen molar-refractivity contribution in [2.75, 3.05) is 6.54 Å². The zero-order valence-corrected chi connectivity index (χ0v) is 16.9. The van der Waals surface area contributed by atoms with Gasteiger partial charge >= 0.3 is 0 Å². The fraction of sp³-hybridized carbons (Fsp3) is 0.364. The van der Waals surface area contributed by atoms with E-state index in [4.69, 9.17) is 16.6 Å². The van der Waals surface area contributed by atoms with E-state index >= 15 is 0 Å². The lowest BCUT2D eigenvalue weighted by atomic mass is 10.2. The maximum Gasteiger partial charge on any atom is 0.254 e. The quantitative estimate of drug-likeness (QED) is 0.514. The van der Waals surface area contributed by atoms with Crippen LogP contribution in [0.15, 0.2) is 36.4 Å². The summed E-state index contributed by atoms with van der Waals surface area (Å²) >= 11 is 6.19. The van der Waals surface area contributed by atoms with Crippen molar-refractivity contribution in [1.82, 2.24) is 14.5 Å². The van der Waals surface area contributed by atoms with E-state index in [-0.39, 0.29) is 11.5 Å². The molecular formula is C22H22ClF2N3O. The van der Waals surface area contributed by atoms with Gasteiger partial charge in [0.25, 0.3) is 5.91 Å². The van der Waals surface area contributed by atoms with Crippen molar-refractivity contribution < 1.29 is 13.6 Å². The van der Waals surface area contributed by atoms with E-state index in [9.17, 15) is 13.6 Å². The Balaban J connectivity index is 1.67. The number of benzene rings is 2. The molecule has 7 heteroatoms. The number of hydrogen-bond acceptors (Lipinski definition) is 2. The van der Waals surface area contributed by atoms with Crippen LogP contribution in [0.25, 0.3) is 11.0 Å². The highest BCUT2D eigenvalue weighted by atomic mass is 35.5. The highest BCUT2D eigenvalue weighted by Gasteiger charge is 2.26. The molecule has 29 heavy (non-hydrogen) atoms. The number of aromatic nitrogens is 2. The fourth-order valence-corrected chi connectivity index (χ4v) is 3.70. The minimum absolute atomic E-state index is 0.130. The van der Waals surface area contributed by atoms with Crippen molar-refractivity contribution in [2.45, 2.75) is 39.3 Å². The zero-order valence-electron chi connectivity index (χ0n) is 16.2. The Morgan fingerprint density at radius 3 is 2.69 bits per heavy atom. The average molecular weight is 418 g/mol. The van der Waals surface area contributed by atoms with Crippen molar-refractivity contribution >= 4 is 28.5 Å². The number of rotatable bonds is 7. The van der Waals surface area contributed by atoms with Crippen LogP contribution in [0.2, 0.25) is 5.02 Å². The fourth-order valence-electron chi connectivity index (χ4n) is 3.53. The van der Waals surface area contributed by atoms with Crippen LogP contribution in [0, 0.1) is 17.6 Å². The molecule has 4 rings (SSSR count). The normalized spacial score (nSPS) is 13.8. The summed E-state index contributed by atoms with van der Waals surface area (Å²) in [6, 6.07) is 8.84. The maximum absolute atomic E-state index is 13.6. The Labute approximate surface area is 173 Å². The van der Waals surface area contributed by atoms with E-state index in [0.29, 0.717) is 24.0 Å². The molecule has 152 valence electrons. The summed E-state index contributed by atoms with van der Waals surface area (Å²) in [5, 5.41) is 0.643. The van der Waals surface area contributed by atoms with Gasteiger partial charge in [-0.2, -0.15) is 0 Å². The molecular weight excluding hydrogens is 396 g/mol. The van der Waals surface area contributed by atoms with Crippen LogP contribution < -0.4 is 0 Å². The van der Waals surface area contributed by atoms with Crippen LogP contribution in [0.3, 0.4) is 0 Å². The van der Waals surface area contributed by atoms with Gasteiger partial charge in [-0.25, -0.2) is 13.8 Å². The minimum atomic E-state index is -1.03. The van der Waals surface area contributed by atoms with Gasteiger partial charge in [-0.05, 0) is 61.6 Å². The van der Waals surface area contributed by atoms with Crippen LogP contribution in [0.1, 0.15) is 42.4 Å². The van der Waals surface area contributed by atoms with Gasteiger partial charge in [0, 0.05) is 23.7 Å². The Hall–Kier alpha value is -2.47. The number of halogens is 3. The van der Waals surface area contributed by atoms with E-state index in [1.165, 1.54) is 18.9 Å². The molecule has 3 aromatic rings. The van der Waals surface area contributed by atoms with E-state index < -0.39 is 11.6 Å². The predicted molar refractivity (Wildman–Crippen MR) is 109 cm³/mol. The third-order valence-electron chi connectivity index (χ3n) is 5.21. The SMILES string of the molecule is CCCN(Cc1nc2ccc(Cl)cc2n1CC1CC1)C(=O)c1ccc(F)c(F)c1. The summed E-state index contributed by atoms with van der Waals surface area (Å²) < 4.78 is 29.0. The van der Waals surface area contributed by atoms with Gasteiger partial charge in [-0.3, -0.25) is 4.79 Å². The Bertz CT molecular complexity index is 1060. The molecule has 1 amide bonds. The lowest BCUT2D eigenvalue weighted by molar-refractivity contribution is 0.0736. The predicted octanol–water partition coefficient (Wildman–Crippen LogP) is 5.43. The minimum Gasteiger partial charge on any atom is -0.331 e. The monoisotopic (exact) mass is 417 g/mol. The van der Waals surface area contributed by atoms with Crippen molar-refractivity contribution in [3.8, 4) is 0 Å². The van der Waals surface area contributed by atoms with E-state index in [0.717, 1.165) is 42.0 Å². The van der Waals surface area contributed by atoms with Gasteiger partial charge in [0.1, 0.15) is 5.82 Å². The standard InChI is InChI=1S/C22H22ClF2N3O/c1-2-9-27(22(29)15-5-7-17(24)18(25)10-15)13-21-26-19-8-6-16(23)11-20(19)28(21)12-14-3-4-14/h5-8,10-11,14H,2-4,9,12-13H2,1H3. The number of carbonyl (C=O) groups excluding carboxylic acids is 1. The molecule has 0 aliphatic heterocycles. The number of fused-ring (bicyclic) bond motifs is 1. The third kappa shape index (κ3) is 4.27. The molecule has 1 fully saturated rings. The largest absolute Gasteiger partial charge is 0.331 e. The van der Waals surface area contributed by atoms with Gasteiger partial charge in [-0.15, -0.1) is 0 Å². The van der Waals surface area contributed by atoms with E-state index in [2.05, 4.69) is 4.57 Å². The van der Waals surface area contributed by atoms with Crippen molar-refractivity contribution in [2.24, 2.45) is 5.92 Å². The van der Waals surface area contributed by atoms with Crippen molar-refractivity contribution in [3.63, 3.8) is 0 Å². The molecule has 1 aliphatic carbocycles. The second-order valence-corrected chi connectivity index (χ2v) is 8.01. The average Bonchev–Trinajstić information content (AvgIpc) is 3.46. The summed E-state index contributed by atoms with van der Waals surface area (Å²) in [6.07, 6.45) is 3.11. The Morgan fingerprint density at radius 1 is 1.21 bits per heavy atom. The lowest BCUT2D eigenvalue weighted by Crippen LogP contribution is -2.32. The summed E-state index contributed by atoms with van der Waals surface area (Å²) in [5.41, 5.74) is 1.92. The molecule has 1 aliphatic rings. The number of hydrogen-bond donors (Lipinski definition) is 0. The van der Waals surface area contributed by atoms with Gasteiger partial charge in [0.05, 0.1) is 17.6 Å². The van der Waals surface area contributed by atoms with E-state index in [1.54, 1.807) is 11.0 Å². The molecule has 0 spiro atoms. The van der Waals surface area contributed by atoms with Crippen molar-refractivity contribution in [3.05, 3.63) is 64.4 Å². The topological polar surface area (TPSA) is 38.1 Å². The molecule has 0 bridgehead atoms. The molecule has 0 unspecified atom stereocenters. The first kappa shape index (κ1) is 19.8. The summed E-state index contributed by atoms with van der Waals surface area (Å²) in [7, 11) is 0. The van der Waals surface area contributed by atoms with Crippen LogP contribution >= 0.6 is 11.6 Å². The first-order chi connectivity index (χ1) is 14.0. The Kier molecular flexibility index (Phi) is 5.54. The second-order valence-electron chi connectivity index (χ2n) is 7.57. The molecule has 1 aromatic heterocycles. The highest BCUT2D eigenvalue weighted by Crippen LogP contribution is 2.33. The van der Waals surface area contributed by atoms with Gasteiger partial charge in [-0.1, -0.05) is 18.5 Å². The van der Waals surface area contributed by atoms with Crippen LogP contribution in [-0.4, -0.2) is 26.9 Å². The maximum atomic E-state index is 13.6. The summed E-state index contributed by atoms with van der Waals surface area (Å²) in [4.78, 5) is 19.4. The van der Waals surface area contributed by atoms with Crippen LogP contribution in [-0.2, 0) is 13.1 Å². The van der Waals surface area contributed by atoms with E-state index in [1.807, 2.05) is 19.1 Å². The van der Waals surface area contributed by atoms with Gasteiger partial charge < -0.3 is 9.47 Å². The Morgan fingerprint density at radius 2 is 2.00 bits per heavy atom. The molecule has 1 heterocycles. The molecule has 1 saturated carbocycles. The summed E-state index contributed by atoms with van der Waals surface area (Å²) in [5.74, 6) is -0.936. The van der Waals surface area contributed by atoms with Crippen molar-refractivity contribution in [1.29, 1.82) is 0 Å². The van der Waals surface area contributed by atoms with Gasteiger partial charge in [0.2, 0.25) is 0 Å². The highest BCUT2D eigenvalue weighted by molar-refractivity contribution is 6.31. The molecule has 0 N–H and O–H groups in total. The first-order valence-corrected chi connectivity index (χ1v) is 10.2. The third-order valence-corrected chi connectivity index (χ3v) is 5.44. The lowest BCUT2D eigenvalue weighted by Gasteiger charge is -2.22. The zero-order chi connectivity index (χ0) is 20.5. The number of amides is 1. The number of nitrogens with zero attached hydrogens (tertiary/aromatic N) is 3. The van der Waals surface area contributed by atoms with Crippen LogP contribution in [0.5, 0.6) is 0 Å². The number of carbonyl (C=O) groups is 1. The second kappa shape index (κ2) is 8.11.